The smallest absolute Gasteiger partial charge is 0.258 e. The molecule has 25 heavy (non-hydrogen) atoms. The minimum absolute atomic E-state index is 0.00906. The van der Waals surface area contributed by atoms with Gasteiger partial charge >= 0.3 is 0 Å². The zero-order chi connectivity index (χ0) is 18.0. The van der Waals surface area contributed by atoms with E-state index in [9.17, 15) is 18.8 Å². The van der Waals surface area contributed by atoms with E-state index in [1.807, 2.05) is 0 Å². The van der Waals surface area contributed by atoms with Crippen molar-refractivity contribution in [3.63, 3.8) is 0 Å². The maximum atomic E-state index is 13.8. The zero-order valence-corrected chi connectivity index (χ0v) is 13.6. The van der Waals surface area contributed by atoms with Gasteiger partial charge in [-0.2, -0.15) is 0 Å². The van der Waals surface area contributed by atoms with E-state index >= 15 is 0 Å². The van der Waals surface area contributed by atoms with Crippen molar-refractivity contribution in [3.8, 4) is 0 Å². The summed E-state index contributed by atoms with van der Waals surface area (Å²) in [5.74, 6) is -1.95. The number of aryl methyl sites for hydroxylation is 1. The Morgan fingerprint density at radius 1 is 1.20 bits per heavy atom. The van der Waals surface area contributed by atoms with Gasteiger partial charge in [0.25, 0.3) is 5.91 Å². The molecule has 2 aromatic carbocycles. The van der Waals surface area contributed by atoms with E-state index in [-0.39, 0.29) is 29.7 Å². The van der Waals surface area contributed by atoms with Gasteiger partial charge in [0, 0.05) is 12.1 Å². The number of hydrogen-bond donors (Lipinski definition) is 2. The zero-order valence-electron chi connectivity index (χ0n) is 13.6. The third-order valence-electron chi connectivity index (χ3n) is 4.13. The molecular weight excluding hydrogens is 323 g/mol. The molecule has 1 unspecified atom stereocenters. The van der Waals surface area contributed by atoms with Crippen LogP contribution in [0.3, 0.4) is 0 Å². The third-order valence-corrected chi connectivity index (χ3v) is 4.13. The molecule has 2 aromatic rings. The van der Waals surface area contributed by atoms with Crippen molar-refractivity contribution in [2.75, 3.05) is 5.32 Å². The average molecular weight is 340 g/mol. The Morgan fingerprint density at radius 3 is 2.56 bits per heavy atom. The summed E-state index contributed by atoms with van der Waals surface area (Å²) in [6, 6.07) is 11.3. The number of hydrogen-bond acceptors (Lipinski definition) is 3. The van der Waals surface area contributed by atoms with Crippen molar-refractivity contribution in [1.29, 1.82) is 0 Å². The molecule has 5 nitrogen and oxygen atoms in total. The molecule has 3 amide bonds. The first-order valence-electron chi connectivity index (χ1n) is 7.92. The second-order valence-corrected chi connectivity index (χ2v) is 6.15. The maximum Gasteiger partial charge on any atom is 0.258 e. The van der Waals surface area contributed by atoms with Gasteiger partial charge in [-0.05, 0) is 43.2 Å². The van der Waals surface area contributed by atoms with Crippen molar-refractivity contribution in [1.82, 2.24) is 5.32 Å². The van der Waals surface area contributed by atoms with E-state index in [4.69, 9.17) is 0 Å². The molecule has 0 spiro atoms. The van der Waals surface area contributed by atoms with Crippen LogP contribution in [0.2, 0.25) is 0 Å². The van der Waals surface area contributed by atoms with Crippen molar-refractivity contribution >= 4 is 23.4 Å². The number of carbonyl (C=O) groups is 3. The van der Waals surface area contributed by atoms with Crippen LogP contribution in [0.4, 0.5) is 10.1 Å². The number of nitrogens with one attached hydrogen (secondary N) is 2. The molecule has 1 atom stereocenters. The molecular formula is C19H17FN2O3. The maximum absolute atomic E-state index is 13.8. The fourth-order valence-corrected chi connectivity index (χ4v) is 2.79. The molecule has 2 N–H and O–H groups in total. The second-order valence-electron chi connectivity index (χ2n) is 6.15. The monoisotopic (exact) mass is 340 g/mol. The molecule has 1 fully saturated rings. The average Bonchev–Trinajstić information content (AvgIpc) is 2.89. The van der Waals surface area contributed by atoms with Gasteiger partial charge in [-0.3, -0.25) is 19.7 Å². The predicted molar refractivity (Wildman–Crippen MR) is 90.5 cm³/mol. The van der Waals surface area contributed by atoms with Crippen LogP contribution in [0, 0.1) is 18.7 Å². The molecule has 128 valence electrons. The summed E-state index contributed by atoms with van der Waals surface area (Å²) in [6.45, 7) is 1.79. The molecule has 3 rings (SSSR count). The Hall–Kier alpha value is -3.02. The number of amides is 3. The minimum Gasteiger partial charge on any atom is -0.322 e. The molecule has 0 saturated carbocycles. The van der Waals surface area contributed by atoms with Crippen molar-refractivity contribution < 1.29 is 18.8 Å². The normalized spacial score (nSPS) is 16.6. The fraction of sp³-hybridized carbons (Fsp3) is 0.211. The first-order valence-corrected chi connectivity index (χ1v) is 7.92. The highest BCUT2D eigenvalue weighted by Crippen LogP contribution is 2.19. The number of halogens is 1. The lowest BCUT2D eigenvalue weighted by Crippen LogP contribution is -2.22. The summed E-state index contributed by atoms with van der Waals surface area (Å²) < 4.78 is 13.8. The Kier molecular flexibility index (Phi) is 4.61. The first kappa shape index (κ1) is 16.8. The Labute approximate surface area is 144 Å². The van der Waals surface area contributed by atoms with E-state index in [2.05, 4.69) is 10.6 Å². The van der Waals surface area contributed by atoms with Gasteiger partial charge in [0.05, 0.1) is 11.5 Å². The molecule has 0 bridgehead atoms. The number of benzene rings is 2. The highest BCUT2D eigenvalue weighted by Gasteiger charge is 2.30. The Balaban J connectivity index is 1.66. The molecule has 1 heterocycles. The summed E-state index contributed by atoms with van der Waals surface area (Å²) in [6.07, 6.45) is 0.655. The Morgan fingerprint density at radius 2 is 1.92 bits per heavy atom. The molecule has 1 aliphatic heterocycles. The third kappa shape index (κ3) is 3.91. The molecule has 1 aliphatic rings. The summed E-state index contributed by atoms with van der Waals surface area (Å²) in [4.78, 5) is 35.0. The van der Waals surface area contributed by atoms with E-state index in [0.717, 1.165) is 11.1 Å². The van der Waals surface area contributed by atoms with E-state index in [1.54, 1.807) is 37.3 Å². The van der Waals surface area contributed by atoms with Crippen LogP contribution in [0.5, 0.6) is 0 Å². The van der Waals surface area contributed by atoms with Crippen molar-refractivity contribution in [2.24, 2.45) is 5.92 Å². The van der Waals surface area contributed by atoms with Crippen LogP contribution in [0.1, 0.15) is 27.9 Å². The second kappa shape index (κ2) is 6.84. The van der Waals surface area contributed by atoms with Crippen LogP contribution < -0.4 is 10.6 Å². The summed E-state index contributed by atoms with van der Waals surface area (Å²) in [5, 5.41) is 4.93. The molecule has 0 aliphatic carbocycles. The molecule has 0 aromatic heterocycles. The van der Waals surface area contributed by atoms with Gasteiger partial charge < -0.3 is 5.32 Å². The number of rotatable bonds is 4. The molecule has 6 heteroatoms. The SMILES string of the molecule is Cc1ccc(F)c(C(=O)Nc2ccc(CC3CC(=O)NC3=O)cc2)c1. The number of carbonyl (C=O) groups excluding carboxylic acids is 3. The van der Waals surface area contributed by atoms with Crippen LogP contribution >= 0.6 is 0 Å². The van der Waals surface area contributed by atoms with E-state index in [0.29, 0.717) is 12.1 Å². The highest BCUT2D eigenvalue weighted by atomic mass is 19.1. The van der Waals surface area contributed by atoms with Crippen molar-refractivity contribution in [2.45, 2.75) is 19.8 Å². The van der Waals surface area contributed by atoms with Crippen molar-refractivity contribution in [3.05, 3.63) is 65.0 Å². The van der Waals surface area contributed by atoms with Gasteiger partial charge in [0.15, 0.2) is 0 Å². The van der Waals surface area contributed by atoms with E-state index in [1.165, 1.54) is 12.1 Å². The fourth-order valence-electron chi connectivity index (χ4n) is 2.79. The largest absolute Gasteiger partial charge is 0.322 e. The van der Waals surface area contributed by atoms with Gasteiger partial charge in [0.2, 0.25) is 11.8 Å². The topological polar surface area (TPSA) is 75.3 Å². The lowest BCUT2D eigenvalue weighted by Gasteiger charge is -2.09. The lowest BCUT2D eigenvalue weighted by atomic mass is 9.98. The van der Waals surface area contributed by atoms with Crippen LogP contribution in [-0.2, 0) is 16.0 Å². The lowest BCUT2D eigenvalue weighted by molar-refractivity contribution is -0.125. The number of anilines is 1. The summed E-state index contributed by atoms with van der Waals surface area (Å²) in [5.41, 5.74) is 2.20. The Bertz CT molecular complexity index is 846. The summed E-state index contributed by atoms with van der Waals surface area (Å²) >= 11 is 0. The molecule has 1 saturated heterocycles. The van der Waals surface area contributed by atoms with E-state index < -0.39 is 11.7 Å². The van der Waals surface area contributed by atoms with Gasteiger partial charge in [-0.25, -0.2) is 4.39 Å². The van der Waals surface area contributed by atoms with Crippen LogP contribution in [0.25, 0.3) is 0 Å². The molecule has 0 radical (unpaired) electrons. The van der Waals surface area contributed by atoms with Gasteiger partial charge in [-0.1, -0.05) is 23.8 Å². The van der Waals surface area contributed by atoms with Gasteiger partial charge in [0.1, 0.15) is 5.82 Å². The minimum atomic E-state index is -0.573. The quantitative estimate of drug-likeness (QED) is 0.840. The summed E-state index contributed by atoms with van der Waals surface area (Å²) in [7, 11) is 0. The first-order chi connectivity index (χ1) is 11.9. The predicted octanol–water partition coefficient (Wildman–Crippen LogP) is 2.59. The highest BCUT2D eigenvalue weighted by molar-refractivity contribution is 6.05. The number of imide groups is 1. The van der Waals surface area contributed by atoms with Crippen LogP contribution in [-0.4, -0.2) is 17.7 Å². The van der Waals surface area contributed by atoms with Crippen LogP contribution in [0.15, 0.2) is 42.5 Å². The standard InChI is InChI=1S/C19H17FN2O3/c1-11-2-7-16(20)15(8-11)19(25)21-14-5-3-12(4-6-14)9-13-10-17(23)22-18(13)24/h2-8,13H,9-10H2,1H3,(H,21,25)(H,22,23,24). The van der Waals surface area contributed by atoms with Gasteiger partial charge in [-0.15, -0.1) is 0 Å².